The van der Waals surface area contributed by atoms with E-state index in [2.05, 4.69) is 54.3 Å². The first-order chi connectivity index (χ1) is 34.4. The number of fused-ring (bicyclic) bond motifs is 2. The van der Waals surface area contributed by atoms with E-state index in [4.69, 9.17) is 49.9 Å². The molecule has 0 aliphatic carbocycles. The lowest BCUT2D eigenvalue weighted by atomic mass is 10.1. The summed E-state index contributed by atoms with van der Waals surface area (Å²) >= 11 is 0. The van der Waals surface area contributed by atoms with E-state index in [0.717, 1.165) is 49.9 Å². The molecule has 6 N–H and O–H groups in total. The summed E-state index contributed by atoms with van der Waals surface area (Å²) in [6, 6.07) is 7.49. The molecule has 0 aliphatic rings. The van der Waals surface area contributed by atoms with E-state index in [1.807, 2.05) is 33.4 Å². The minimum absolute atomic E-state index is 0.330. The fourth-order valence-corrected chi connectivity index (χ4v) is 8.36. The van der Waals surface area contributed by atoms with Crippen molar-refractivity contribution in [1.82, 2.24) is 49.7 Å². The molecular weight excluding hydrogens is 889 g/mol. The quantitative estimate of drug-likeness (QED) is 0.0260. The maximum Gasteiger partial charge on any atom is 0.203 e. The Morgan fingerprint density at radius 2 is 0.814 bits per heavy atom. The van der Waals surface area contributed by atoms with Crippen LogP contribution in [0.3, 0.4) is 0 Å². The zero-order valence-electron chi connectivity index (χ0n) is 41.8. The third kappa shape index (κ3) is 13.8. The fourth-order valence-electron chi connectivity index (χ4n) is 8.36. The number of hydrogen-bond donors (Lipinski definition) is 4. The largest absolute Gasteiger partial charge is 0.493 e. The minimum Gasteiger partial charge on any atom is -0.493 e. The van der Waals surface area contributed by atoms with Crippen molar-refractivity contribution in [2.24, 2.45) is 0 Å². The van der Waals surface area contributed by atoms with E-state index < -0.39 is 0 Å². The van der Waals surface area contributed by atoms with Crippen LogP contribution in [0.15, 0.2) is 36.9 Å². The average Bonchev–Trinajstić information content (AvgIpc) is 3.96. The Balaban J connectivity index is 0.773. The molecule has 6 rings (SSSR count). The number of nitrogens with one attached hydrogen (secondary N) is 2. The number of aryl methyl sites for hydroxylation is 2. The van der Waals surface area contributed by atoms with Crippen molar-refractivity contribution in [3.05, 3.63) is 36.9 Å². The Morgan fingerprint density at radius 1 is 0.457 bits per heavy atom. The van der Waals surface area contributed by atoms with Crippen LogP contribution in [0, 0.1) is 23.7 Å². The second kappa shape index (κ2) is 27.8. The highest BCUT2D eigenvalue weighted by atomic mass is 16.5. The number of benzene rings is 2. The number of imidazole rings is 2. The Bertz CT molecular complexity index is 2500. The number of ether oxygens (including phenoxy) is 6. The molecule has 0 saturated carbocycles. The van der Waals surface area contributed by atoms with E-state index in [1.54, 1.807) is 42.7 Å². The van der Waals surface area contributed by atoms with Gasteiger partial charge in [-0.15, -0.1) is 11.8 Å². The van der Waals surface area contributed by atoms with Crippen molar-refractivity contribution in [1.29, 1.82) is 0 Å². The lowest BCUT2D eigenvalue weighted by Gasteiger charge is -2.15. The molecule has 0 bridgehead atoms. The van der Waals surface area contributed by atoms with Crippen molar-refractivity contribution < 1.29 is 28.4 Å². The molecule has 0 unspecified atom stereocenters. The summed E-state index contributed by atoms with van der Waals surface area (Å²) < 4.78 is 37.5. The van der Waals surface area contributed by atoms with Crippen molar-refractivity contribution in [2.45, 2.75) is 103 Å². The molecule has 0 spiro atoms. The van der Waals surface area contributed by atoms with Gasteiger partial charge in [0.25, 0.3) is 0 Å². The number of aromatic nitrogens is 8. The predicted octanol–water partition coefficient (Wildman–Crippen LogP) is 7.86. The van der Waals surface area contributed by atoms with Crippen LogP contribution in [0.5, 0.6) is 34.5 Å². The molecule has 2 aromatic carbocycles. The normalized spacial score (nSPS) is 11.0. The number of nitrogen functional groups attached to an aromatic ring is 2. The van der Waals surface area contributed by atoms with E-state index in [9.17, 15) is 0 Å². The van der Waals surface area contributed by atoms with Crippen molar-refractivity contribution in [3.63, 3.8) is 0 Å². The molecular formula is C52H70N12O6. The number of rotatable bonds is 29. The second-order valence-corrected chi connectivity index (χ2v) is 16.7. The number of unbranched alkanes of at least 4 members (excludes halogenated alkanes) is 11. The maximum atomic E-state index is 6.19. The van der Waals surface area contributed by atoms with Gasteiger partial charge >= 0.3 is 0 Å². The molecule has 0 saturated heterocycles. The van der Waals surface area contributed by atoms with Crippen molar-refractivity contribution in [3.8, 4) is 81.0 Å². The summed E-state index contributed by atoms with van der Waals surface area (Å²) in [5, 5.41) is 6.95. The molecule has 18 nitrogen and oxygen atoms in total. The third-order valence-electron chi connectivity index (χ3n) is 12.0. The number of methoxy groups -OCH3 is 6. The monoisotopic (exact) mass is 959 g/mol. The van der Waals surface area contributed by atoms with Gasteiger partial charge in [-0.1, -0.05) is 63.2 Å². The lowest BCUT2D eigenvalue weighted by molar-refractivity contribution is 0.324. The summed E-state index contributed by atoms with van der Waals surface area (Å²) in [5.74, 6) is 18.4. The van der Waals surface area contributed by atoms with E-state index in [-0.39, 0.29) is 0 Å². The van der Waals surface area contributed by atoms with Crippen LogP contribution in [0.1, 0.15) is 89.9 Å². The van der Waals surface area contributed by atoms with Gasteiger partial charge in [-0.2, -0.15) is 0 Å². The molecule has 0 radical (unpaired) electrons. The summed E-state index contributed by atoms with van der Waals surface area (Å²) in [6.45, 7) is 4.68. The van der Waals surface area contributed by atoms with Gasteiger partial charge < -0.3 is 59.7 Å². The lowest BCUT2D eigenvalue weighted by Crippen LogP contribution is -2.15. The van der Waals surface area contributed by atoms with Crippen LogP contribution in [0.2, 0.25) is 0 Å². The van der Waals surface area contributed by atoms with Crippen LogP contribution >= 0.6 is 0 Å². The average molecular weight is 959 g/mol. The highest BCUT2D eigenvalue weighted by Crippen LogP contribution is 2.43. The predicted molar refractivity (Wildman–Crippen MR) is 276 cm³/mol. The second-order valence-electron chi connectivity index (χ2n) is 16.7. The van der Waals surface area contributed by atoms with Crippen LogP contribution in [-0.2, 0) is 13.1 Å². The number of nitrogens with zero attached hydrogens (tertiary/aromatic N) is 8. The highest BCUT2D eigenvalue weighted by Gasteiger charge is 2.22. The van der Waals surface area contributed by atoms with E-state index in [0.29, 0.717) is 106 Å². The maximum absolute atomic E-state index is 6.19. The SMILES string of the molecule is COc1cc(-c2nc3c(N)ncnc3n2CCCC#CCNCCCCCCCCCCCCNCC#CCCCn2c(-c3cc(OC)c(OC)c(OC)c3)nc3c(N)ncnc32)cc(OC)c1OC. The number of anilines is 2. The first-order valence-electron chi connectivity index (χ1n) is 24.2. The smallest absolute Gasteiger partial charge is 0.203 e. The first kappa shape index (κ1) is 52.4. The van der Waals surface area contributed by atoms with E-state index >= 15 is 0 Å². The standard InChI is InChI=1S/C52H70N12O6/c1-65-39-31-37(32-40(66-2)45(39)69-5)49-61-43-47(53)57-35-59-51(43)63(49)29-23-17-15-21-27-55-25-19-13-11-9-7-8-10-12-14-20-26-56-28-22-16-18-24-30-64-50(62-44-48(54)58-36-60-52(44)64)38-33-41(67-3)46(70-6)42(34-38)68-4/h31-36,55-56H,7-14,17-20,23-30H2,1-6H3,(H2,53,57,59)(H2,54,58,60). The molecule has 0 atom stereocenters. The topological polar surface area (TPSA) is 219 Å². The Hall–Kier alpha value is -7.02. The molecule has 18 heteroatoms. The summed E-state index contributed by atoms with van der Waals surface area (Å²) in [5.41, 5.74) is 16.4. The minimum atomic E-state index is 0.330. The molecule has 6 aromatic rings. The van der Waals surface area contributed by atoms with Gasteiger partial charge in [-0.3, -0.25) is 0 Å². The molecule has 0 amide bonds. The fraction of sp³-hybridized carbons (Fsp3) is 0.500. The van der Waals surface area contributed by atoms with Gasteiger partial charge in [-0.05, 0) is 63.0 Å². The van der Waals surface area contributed by atoms with Crippen LogP contribution < -0.4 is 50.5 Å². The number of hydrogen-bond acceptors (Lipinski definition) is 16. The highest BCUT2D eigenvalue weighted by molar-refractivity contribution is 5.87. The van der Waals surface area contributed by atoms with Crippen molar-refractivity contribution >= 4 is 34.0 Å². The van der Waals surface area contributed by atoms with Crippen molar-refractivity contribution in [2.75, 3.05) is 80.3 Å². The summed E-state index contributed by atoms with van der Waals surface area (Å²) in [7, 11) is 9.53. The zero-order chi connectivity index (χ0) is 49.5. The van der Waals surface area contributed by atoms with Crippen LogP contribution in [-0.4, -0.2) is 108 Å². The van der Waals surface area contributed by atoms with Crippen LogP contribution in [0.4, 0.5) is 11.6 Å². The Labute approximate surface area is 412 Å². The molecule has 0 fully saturated rings. The van der Waals surface area contributed by atoms with E-state index in [1.165, 1.54) is 76.9 Å². The molecule has 70 heavy (non-hydrogen) atoms. The van der Waals surface area contributed by atoms with Gasteiger partial charge in [0.2, 0.25) is 11.5 Å². The van der Waals surface area contributed by atoms with Gasteiger partial charge in [-0.25, -0.2) is 29.9 Å². The summed E-state index contributed by atoms with van der Waals surface area (Å²) in [6.07, 6.45) is 18.7. The van der Waals surface area contributed by atoms with Gasteiger partial charge in [0.1, 0.15) is 24.3 Å². The van der Waals surface area contributed by atoms with Gasteiger partial charge in [0.05, 0.1) is 55.7 Å². The zero-order valence-corrected chi connectivity index (χ0v) is 41.8. The molecule has 374 valence electrons. The molecule has 4 heterocycles. The van der Waals surface area contributed by atoms with Crippen LogP contribution in [0.25, 0.3) is 45.1 Å². The number of nitrogens with two attached hydrogens (primary N) is 2. The third-order valence-corrected chi connectivity index (χ3v) is 12.0. The Kier molecular flexibility index (Phi) is 20.8. The Morgan fingerprint density at radius 3 is 1.16 bits per heavy atom. The summed E-state index contributed by atoms with van der Waals surface area (Å²) in [4.78, 5) is 27.0. The molecule has 4 aromatic heterocycles. The van der Waals surface area contributed by atoms with Gasteiger partial charge in [0, 0.05) is 37.1 Å². The first-order valence-corrected chi connectivity index (χ1v) is 24.2. The van der Waals surface area contributed by atoms with Gasteiger partial charge in [0.15, 0.2) is 57.0 Å². The molecule has 0 aliphatic heterocycles.